The van der Waals surface area contributed by atoms with Crippen LogP contribution in [0.3, 0.4) is 0 Å². The van der Waals surface area contributed by atoms with Crippen molar-refractivity contribution in [3.63, 3.8) is 0 Å². The van der Waals surface area contributed by atoms with Gasteiger partial charge in [0.15, 0.2) is 0 Å². The number of pyridine rings is 1. The quantitative estimate of drug-likeness (QED) is 0.196. The summed E-state index contributed by atoms with van der Waals surface area (Å²) in [4.78, 5) is 60.9. The van der Waals surface area contributed by atoms with Crippen LogP contribution in [-0.4, -0.2) is 34.3 Å². The minimum atomic E-state index is -4.43. The third-order valence-corrected chi connectivity index (χ3v) is 8.27. The highest BCUT2D eigenvalue weighted by molar-refractivity contribution is 7.60. The molecule has 0 fully saturated rings. The lowest BCUT2D eigenvalue weighted by atomic mass is 10.00. The van der Waals surface area contributed by atoms with Crippen molar-refractivity contribution in [3.8, 4) is 33.6 Å². The van der Waals surface area contributed by atoms with E-state index in [0.717, 1.165) is 0 Å². The lowest BCUT2D eigenvalue weighted by Crippen LogP contribution is -2.04. The van der Waals surface area contributed by atoms with E-state index in [0.29, 0.717) is 33.6 Å². The molecule has 186 valence electrons. The predicted molar refractivity (Wildman–Crippen MR) is 136 cm³/mol. The molecule has 0 radical (unpaired) electrons. The van der Waals surface area contributed by atoms with Crippen LogP contribution in [0.5, 0.6) is 0 Å². The van der Waals surface area contributed by atoms with Gasteiger partial charge in [0.2, 0.25) is 0 Å². The molecule has 6 N–H and O–H groups in total. The molecule has 10 nitrogen and oxygen atoms in total. The number of rotatable bonds is 6. The van der Waals surface area contributed by atoms with E-state index in [1.807, 2.05) is 0 Å². The van der Waals surface area contributed by atoms with Gasteiger partial charge in [0.1, 0.15) is 0 Å². The van der Waals surface area contributed by atoms with Gasteiger partial charge < -0.3 is 29.4 Å². The number of aromatic nitrogens is 1. The van der Waals surface area contributed by atoms with E-state index in [4.69, 9.17) is 0 Å². The SMILES string of the molecule is O=P(O)(O)c1ccc(-c2cc(-c3ccc(P(=O)(O)O)cc3)nc(-c3ccc(P(=O)(O)O)cc3)c2)cc1. The summed E-state index contributed by atoms with van der Waals surface area (Å²) in [5.41, 5.74) is 3.24. The van der Waals surface area contributed by atoms with Crippen LogP contribution in [0.1, 0.15) is 0 Å². The van der Waals surface area contributed by atoms with E-state index in [9.17, 15) is 43.1 Å². The van der Waals surface area contributed by atoms with Crippen molar-refractivity contribution in [3.05, 3.63) is 84.9 Å². The highest BCUT2D eigenvalue weighted by Crippen LogP contribution is 2.37. The average molecular weight is 547 g/mol. The molecule has 0 aliphatic carbocycles. The van der Waals surface area contributed by atoms with E-state index in [2.05, 4.69) is 4.98 Å². The Hall–Kier alpha value is -2.74. The molecule has 0 unspecified atom stereocenters. The fraction of sp³-hybridized carbons (Fsp3) is 0. The first kappa shape index (κ1) is 26.3. The monoisotopic (exact) mass is 547 g/mol. The third-order valence-electron chi connectivity index (χ3n) is 5.36. The summed E-state index contributed by atoms with van der Waals surface area (Å²) in [5, 5.41) is -0.436. The first-order chi connectivity index (χ1) is 16.7. The van der Waals surface area contributed by atoms with Crippen LogP contribution in [0.15, 0.2) is 84.9 Å². The maximum Gasteiger partial charge on any atom is 0.356 e. The van der Waals surface area contributed by atoms with Gasteiger partial charge in [0, 0.05) is 11.1 Å². The Kier molecular flexibility index (Phi) is 7.03. The number of hydrogen-bond acceptors (Lipinski definition) is 4. The summed E-state index contributed by atoms with van der Waals surface area (Å²) in [6.45, 7) is 0. The van der Waals surface area contributed by atoms with Crippen molar-refractivity contribution in [1.29, 1.82) is 0 Å². The number of benzene rings is 3. The van der Waals surface area contributed by atoms with Crippen LogP contribution >= 0.6 is 22.8 Å². The van der Waals surface area contributed by atoms with Crippen LogP contribution in [0.4, 0.5) is 0 Å². The minimum absolute atomic E-state index is 0.137. The van der Waals surface area contributed by atoms with Gasteiger partial charge in [-0.3, -0.25) is 13.7 Å². The zero-order valence-corrected chi connectivity index (χ0v) is 21.0. The molecule has 36 heavy (non-hydrogen) atoms. The highest BCUT2D eigenvalue weighted by atomic mass is 31.2. The summed E-state index contributed by atoms with van der Waals surface area (Å²) in [6, 6.07) is 20.4. The van der Waals surface area contributed by atoms with E-state index >= 15 is 0 Å². The zero-order chi connectivity index (χ0) is 26.3. The van der Waals surface area contributed by atoms with Crippen LogP contribution in [0, 0.1) is 0 Å². The maximum absolute atomic E-state index is 11.5. The van der Waals surface area contributed by atoms with Crippen molar-refractivity contribution in [1.82, 2.24) is 4.98 Å². The van der Waals surface area contributed by atoms with Gasteiger partial charge in [0.05, 0.1) is 27.3 Å². The summed E-state index contributed by atoms with van der Waals surface area (Å²) in [6.07, 6.45) is 0. The van der Waals surface area contributed by atoms with E-state index in [1.54, 1.807) is 24.3 Å². The molecule has 0 aliphatic heterocycles. The summed E-state index contributed by atoms with van der Waals surface area (Å²) in [5.74, 6) is 0. The molecule has 0 saturated carbocycles. The van der Waals surface area contributed by atoms with E-state index < -0.39 is 22.8 Å². The Bertz CT molecular complexity index is 1350. The molecule has 0 amide bonds. The Morgan fingerprint density at radius 2 is 0.694 bits per heavy atom. The smallest absolute Gasteiger partial charge is 0.321 e. The Labute approximate surface area is 205 Å². The topological polar surface area (TPSA) is 185 Å². The molecular formula is C23H20NO9P3. The minimum Gasteiger partial charge on any atom is -0.321 e. The molecule has 13 heteroatoms. The Morgan fingerprint density at radius 1 is 0.417 bits per heavy atom. The Balaban J connectivity index is 1.85. The lowest BCUT2D eigenvalue weighted by Gasteiger charge is -2.12. The summed E-state index contributed by atoms with van der Waals surface area (Å²) >= 11 is 0. The van der Waals surface area contributed by atoms with E-state index in [-0.39, 0.29) is 15.9 Å². The van der Waals surface area contributed by atoms with Crippen molar-refractivity contribution in [2.45, 2.75) is 0 Å². The molecule has 1 aromatic heterocycles. The second-order valence-electron chi connectivity index (χ2n) is 7.90. The fourth-order valence-electron chi connectivity index (χ4n) is 3.49. The standard InChI is InChI=1S/C23H20NO9P3/c25-34(26,27)19-7-1-15(2-8-19)18-13-22(16-3-9-20(10-4-16)35(28,29)30)24-23(14-18)17-5-11-21(12-6-17)36(31,32)33/h1-14H,(H2,25,26,27)(H2,28,29,30)(H2,31,32,33). The molecule has 1 heterocycles. The average Bonchev–Trinajstić information content (AvgIpc) is 2.82. The molecule has 4 rings (SSSR count). The summed E-state index contributed by atoms with van der Waals surface area (Å²) in [7, 11) is -13.3. The van der Waals surface area contributed by atoms with Crippen LogP contribution in [-0.2, 0) is 13.7 Å². The fourth-order valence-corrected chi connectivity index (χ4v) is 5.11. The van der Waals surface area contributed by atoms with Gasteiger partial charge in [-0.05, 0) is 59.7 Å². The van der Waals surface area contributed by atoms with Crippen molar-refractivity contribution in [2.75, 3.05) is 0 Å². The predicted octanol–water partition coefficient (Wildman–Crippen LogP) is 2.49. The van der Waals surface area contributed by atoms with Gasteiger partial charge in [-0.15, -0.1) is 0 Å². The molecule has 0 atom stereocenters. The summed E-state index contributed by atoms with van der Waals surface area (Å²) < 4.78 is 34.6. The van der Waals surface area contributed by atoms with Gasteiger partial charge in [-0.25, -0.2) is 4.98 Å². The maximum atomic E-state index is 11.5. The van der Waals surface area contributed by atoms with Gasteiger partial charge in [-0.1, -0.05) is 36.4 Å². The second-order valence-corrected chi connectivity index (χ2v) is 12.7. The Morgan fingerprint density at radius 3 is 0.972 bits per heavy atom. The van der Waals surface area contributed by atoms with Crippen LogP contribution in [0.25, 0.3) is 33.6 Å². The first-order valence-electron chi connectivity index (χ1n) is 10.2. The third kappa shape index (κ3) is 5.97. The first-order valence-corrected chi connectivity index (χ1v) is 15.1. The number of hydrogen-bond donors (Lipinski definition) is 6. The van der Waals surface area contributed by atoms with Crippen molar-refractivity contribution < 1.29 is 43.1 Å². The van der Waals surface area contributed by atoms with Crippen molar-refractivity contribution >= 4 is 38.7 Å². The van der Waals surface area contributed by atoms with Crippen LogP contribution in [0.2, 0.25) is 0 Å². The molecule has 0 saturated heterocycles. The zero-order valence-electron chi connectivity index (χ0n) is 18.3. The highest BCUT2D eigenvalue weighted by Gasteiger charge is 2.19. The largest absolute Gasteiger partial charge is 0.356 e. The van der Waals surface area contributed by atoms with Gasteiger partial charge >= 0.3 is 22.8 Å². The molecule has 0 bridgehead atoms. The molecule has 3 aromatic carbocycles. The van der Waals surface area contributed by atoms with Gasteiger partial charge in [-0.2, -0.15) is 0 Å². The number of nitrogens with zero attached hydrogens (tertiary/aromatic N) is 1. The second kappa shape index (κ2) is 9.61. The van der Waals surface area contributed by atoms with Crippen molar-refractivity contribution in [2.24, 2.45) is 0 Å². The molecule has 4 aromatic rings. The van der Waals surface area contributed by atoms with E-state index in [1.165, 1.54) is 60.7 Å². The molecule has 0 aliphatic rings. The normalized spacial score (nSPS) is 12.5. The van der Waals surface area contributed by atoms with Crippen LogP contribution < -0.4 is 15.9 Å². The van der Waals surface area contributed by atoms with Gasteiger partial charge in [0.25, 0.3) is 0 Å². The molecule has 0 spiro atoms. The molecular weight excluding hydrogens is 527 g/mol. The lowest BCUT2D eigenvalue weighted by molar-refractivity contribution is 0.385.